The maximum absolute atomic E-state index is 3.21. The third-order valence-electron chi connectivity index (χ3n) is 5.67. The van der Waals surface area contributed by atoms with E-state index in [0.717, 1.165) is 6.54 Å². The molecular weight excluding hydrogens is 352 g/mol. The molecule has 0 amide bonds. The van der Waals surface area contributed by atoms with Crippen molar-refractivity contribution in [2.75, 3.05) is 20.6 Å². The molecule has 0 aromatic heterocycles. The summed E-state index contributed by atoms with van der Waals surface area (Å²) in [6, 6.07) is 0. The van der Waals surface area contributed by atoms with E-state index >= 15 is 0 Å². The number of nitrogens with zero attached hydrogens (tertiary/aromatic N) is 1. The molecule has 0 aliphatic rings. The Morgan fingerprint density at radius 1 is 0.379 bits per heavy atom. The molecule has 0 unspecified atom stereocenters. The molecule has 29 heavy (non-hydrogen) atoms. The lowest BCUT2D eigenvalue weighted by Gasteiger charge is -2.10. The van der Waals surface area contributed by atoms with Gasteiger partial charge in [0.2, 0.25) is 0 Å². The number of hydrazine groups is 1. The number of nitrogens with one attached hydrogen (secondary N) is 1. The molecule has 0 saturated heterocycles. The third-order valence-corrected chi connectivity index (χ3v) is 5.67. The van der Waals surface area contributed by atoms with Crippen LogP contribution in [0.1, 0.15) is 156 Å². The number of unbranched alkanes of at least 4 members (excludes halogenated alkanes) is 19. The number of hydrogen-bond donors (Lipinski definition) is 1. The molecule has 178 valence electrons. The zero-order valence-electron chi connectivity index (χ0n) is 21.5. The van der Waals surface area contributed by atoms with Crippen molar-refractivity contribution >= 4 is 0 Å². The molecule has 0 rings (SSSR count). The van der Waals surface area contributed by atoms with Gasteiger partial charge in [0, 0.05) is 20.6 Å². The highest BCUT2D eigenvalue weighted by molar-refractivity contribution is 4.50. The first-order valence-electron chi connectivity index (χ1n) is 13.6. The van der Waals surface area contributed by atoms with Gasteiger partial charge < -0.3 is 0 Å². The standard InChI is InChI=1S/C20H42.C7H18N2/c1-3-5-7-9-11-13-15-17-19-20-18-16-14-12-10-8-6-4-2;1-4-5-6-7-8-9(2)3/h3-20H2,1-2H3;8H,4-7H2,1-3H3. The van der Waals surface area contributed by atoms with E-state index < -0.39 is 0 Å². The van der Waals surface area contributed by atoms with Gasteiger partial charge in [-0.2, -0.15) is 0 Å². The Bertz CT molecular complexity index is 235. The summed E-state index contributed by atoms with van der Waals surface area (Å²) in [4.78, 5) is 0. The highest BCUT2D eigenvalue weighted by atomic mass is 15.5. The van der Waals surface area contributed by atoms with Crippen molar-refractivity contribution in [2.24, 2.45) is 0 Å². The van der Waals surface area contributed by atoms with Crippen LogP contribution in [0.5, 0.6) is 0 Å². The molecular formula is C27H60N2. The van der Waals surface area contributed by atoms with Crippen LogP contribution in [0.15, 0.2) is 0 Å². The fourth-order valence-corrected chi connectivity index (χ4v) is 3.65. The molecule has 0 aliphatic heterocycles. The molecule has 0 bridgehead atoms. The minimum absolute atomic E-state index is 1.11. The monoisotopic (exact) mass is 412 g/mol. The van der Waals surface area contributed by atoms with Crippen molar-refractivity contribution in [2.45, 2.75) is 156 Å². The van der Waals surface area contributed by atoms with Crippen molar-refractivity contribution in [1.29, 1.82) is 0 Å². The summed E-state index contributed by atoms with van der Waals surface area (Å²) in [5.74, 6) is 0. The Balaban J connectivity index is 0. The Morgan fingerprint density at radius 3 is 0.862 bits per heavy atom. The van der Waals surface area contributed by atoms with E-state index in [-0.39, 0.29) is 0 Å². The van der Waals surface area contributed by atoms with Gasteiger partial charge in [-0.25, -0.2) is 0 Å². The summed E-state index contributed by atoms with van der Waals surface area (Å²) in [7, 11) is 4.04. The Labute approximate surface area is 187 Å². The van der Waals surface area contributed by atoms with E-state index in [4.69, 9.17) is 0 Å². The summed E-state index contributed by atoms with van der Waals surface area (Å²) in [5, 5.41) is 2.00. The highest BCUT2D eigenvalue weighted by Crippen LogP contribution is 2.14. The molecule has 0 aromatic rings. The van der Waals surface area contributed by atoms with Crippen LogP contribution in [0.4, 0.5) is 0 Å². The van der Waals surface area contributed by atoms with E-state index in [1.54, 1.807) is 0 Å². The quantitative estimate of drug-likeness (QED) is 0.141. The second-order valence-corrected chi connectivity index (χ2v) is 9.17. The summed E-state index contributed by atoms with van der Waals surface area (Å²) in [6.07, 6.45) is 30.3. The van der Waals surface area contributed by atoms with Gasteiger partial charge in [0.05, 0.1) is 0 Å². The Kier molecular flexibility index (Phi) is 32.3. The van der Waals surface area contributed by atoms with Crippen LogP contribution in [0.3, 0.4) is 0 Å². The molecule has 0 fully saturated rings. The van der Waals surface area contributed by atoms with Crippen molar-refractivity contribution in [3.05, 3.63) is 0 Å². The fraction of sp³-hybridized carbons (Fsp3) is 1.00. The van der Waals surface area contributed by atoms with E-state index in [2.05, 4.69) is 26.2 Å². The number of rotatable bonds is 22. The second-order valence-electron chi connectivity index (χ2n) is 9.17. The van der Waals surface area contributed by atoms with E-state index in [1.807, 2.05) is 19.1 Å². The topological polar surface area (TPSA) is 15.3 Å². The average Bonchev–Trinajstić information content (AvgIpc) is 2.71. The molecule has 0 radical (unpaired) electrons. The van der Waals surface area contributed by atoms with Gasteiger partial charge in [-0.1, -0.05) is 149 Å². The van der Waals surface area contributed by atoms with Gasteiger partial charge in [-0.15, -0.1) is 0 Å². The molecule has 2 nitrogen and oxygen atoms in total. The smallest absolute Gasteiger partial charge is 0.0102 e. The normalized spacial score (nSPS) is 11.0. The van der Waals surface area contributed by atoms with Crippen LogP contribution in [-0.4, -0.2) is 25.6 Å². The number of hydrogen-bond acceptors (Lipinski definition) is 2. The first-order chi connectivity index (χ1) is 14.2. The Hall–Kier alpha value is -0.0800. The molecule has 0 spiro atoms. The minimum atomic E-state index is 1.11. The van der Waals surface area contributed by atoms with Gasteiger partial charge in [0.15, 0.2) is 0 Å². The van der Waals surface area contributed by atoms with Gasteiger partial charge in [0.25, 0.3) is 0 Å². The van der Waals surface area contributed by atoms with Crippen LogP contribution < -0.4 is 5.43 Å². The zero-order valence-corrected chi connectivity index (χ0v) is 21.5. The van der Waals surface area contributed by atoms with Crippen LogP contribution in [0.2, 0.25) is 0 Å². The first kappa shape index (κ1) is 31.1. The lowest BCUT2D eigenvalue weighted by atomic mass is 10.0. The van der Waals surface area contributed by atoms with Gasteiger partial charge in [0.1, 0.15) is 0 Å². The molecule has 0 aliphatic carbocycles. The molecule has 2 heteroatoms. The largest absolute Gasteiger partial charge is 0.256 e. The first-order valence-corrected chi connectivity index (χ1v) is 13.6. The van der Waals surface area contributed by atoms with Crippen LogP contribution in [0.25, 0.3) is 0 Å². The van der Waals surface area contributed by atoms with Crippen LogP contribution >= 0.6 is 0 Å². The van der Waals surface area contributed by atoms with Crippen molar-refractivity contribution < 1.29 is 0 Å². The van der Waals surface area contributed by atoms with Gasteiger partial charge in [-0.05, 0) is 6.42 Å². The predicted molar refractivity (Wildman–Crippen MR) is 136 cm³/mol. The highest BCUT2D eigenvalue weighted by Gasteiger charge is 1.94. The van der Waals surface area contributed by atoms with E-state index in [0.29, 0.717) is 0 Å². The van der Waals surface area contributed by atoms with Gasteiger partial charge >= 0.3 is 0 Å². The summed E-state index contributed by atoms with van der Waals surface area (Å²) >= 11 is 0. The van der Waals surface area contributed by atoms with Gasteiger partial charge in [-0.3, -0.25) is 10.4 Å². The molecule has 1 N–H and O–H groups in total. The van der Waals surface area contributed by atoms with Crippen LogP contribution in [-0.2, 0) is 0 Å². The average molecular weight is 413 g/mol. The molecule has 0 atom stereocenters. The van der Waals surface area contributed by atoms with Crippen molar-refractivity contribution in [1.82, 2.24) is 10.4 Å². The van der Waals surface area contributed by atoms with Crippen LogP contribution in [0, 0.1) is 0 Å². The lowest BCUT2D eigenvalue weighted by Crippen LogP contribution is -2.30. The maximum atomic E-state index is 3.21. The summed E-state index contributed by atoms with van der Waals surface area (Å²) < 4.78 is 0. The SMILES string of the molecule is CCCCCCCCCCCCCCCCCCCC.CCCCCNN(C)C. The predicted octanol–water partition coefficient (Wildman–Crippen LogP) is 9.29. The third kappa shape index (κ3) is 35.7. The van der Waals surface area contributed by atoms with Crippen molar-refractivity contribution in [3.63, 3.8) is 0 Å². The van der Waals surface area contributed by atoms with Crippen molar-refractivity contribution in [3.8, 4) is 0 Å². The Morgan fingerprint density at radius 2 is 0.621 bits per heavy atom. The summed E-state index contributed by atoms with van der Waals surface area (Å²) in [6.45, 7) is 7.92. The lowest BCUT2D eigenvalue weighted by molar-refractivity contribution is 0.286. The molecule has 0 heterocycles. The molecule has 0 saturated carbocycles. The zero-order chi connectivity index (χ0) is 21.8. The van der Waals surface area contributed by atoms with E-state index in [9.17, 15) is 0 Å². The maximum Gasteiger partial charge on any atom is 0.0102 e. The molecule has 0 aromatic carbocycles. The van der Waals surface area contributed by atoms with E-state index in [1.165, 1.54) is 135 Å². The minimum Gasteiger partial charge on any atom is -0.256 e. The fourth-order valence-electron chi connectivity index (χ4n) is 3.65. The second kappa shape index (κ2) is 30.1. The summed E-state index contributed by atoms with van der Waals surface area (Å²) in [5.41, 5.74) is 3.21.